The van der Waals surface area contributed by atoms with E-state index in [1.807, 2.05) is 23.8 Å². The second kappa shape index (κ2) is 12.0. The maximum absolute atomic E-state index is 14.6. The van der Waals surface area contributed by atoms with Gasteiger partial charge in [0.2, 0.25) is 0 Å². The van der Waals surface area contributed by atoms with Gasteiger partial charge in [-0.15, -0.1) is 0 Å². The molecule has 13 heteroatoms. The van der Waals surface area contributed by atoms with Crippen LogP contribution in [0, 0.1) is 12.7 Å². The first-order valence-corrected chi connectivity index (χ1v) is 16.1. The predicted octanol–water partition coefficient (Wildman–Crippen LogP) is 5.25. The lowest BCUT2D eigenvalue weighted by Gasteiger charge is -2.29. The van der Waals surface area contributed by atoms with Crippen molar-refractivity contribution in [3.05, 3.63) is 65.2 Å². The fourth-order valence-corrected chi connectivity index (χ4v) is 7.42. The van der Waals surface area contributed by atoms with Crippen LogP contribution in [0.15, 0.2) is 53.7 Å². The molecule has 0 atom stereocenters. The summed E-state index contributed by atoms with van der Waals surface area (Å²) in [4.78, 5) is 11.3. The molecule has 1 fully saturated rings. The average Bonchev–Trinajstić information content (AvgIpc) is 3.58. The van der Waals surface area contributed by atoms with Crippen LogP contribution in [0.25, 0.3) is 33.3 Å². The van der Waals surface area contributed by atoms with E-state index in [0.717, 1.165) is 54.6 Å². The minimum Gasteiger partial charge on any atom is -0.491 e. The maximum Gasteiger partial charge on any atom is 0.269 e. The van der Waals surface area contributed by atoms with Crippen molar-refractivity contribution in [1.82, 2.24) is 23.4 Å². The number of halogens is 2. The topological polar surface area (TPSA) is 112 Å². The lowest BCUT2D eigenvalue weighted by atomic mass is 10.1. The molecule has 0 aliphatic carbocycles. The SMILES string of the molecule is COc1cc2c(nc1OC)c(-c1cc3c(Cl)c(F)cnc3n1S(=O)(=O)c1ccc(C)cc1)cn2CCCN1CCC(O)CC1. The number of rotatable bonds is 9. The molecule has 0 spiro atoms. The van der Waals surface area contributed by atoms with Crippen LogP contribution < -0.4 is 9.47 Å². The number of nitrogens with zero attached hydrogens (tertiary/aromatic N) is 5. The molecule has 44 heavy (non-hydrogen) atoms. The number of aliphatic hydroxyl groups excluding tert-OH is 1. The first-order valence-electron chi connectivity index (χ1n) is 14.3. The number of aryl methyl sites for hydroxylation is 2. The van der Waals surface area contributed by atoms with E-state index in [2.05, 4.69) is 9.88 Å². The van der Waals surface area contributed by atoms with Gasteiger partial charge in [-0.25, -0.2) is 26.7 Å². The number of hydrogen-bond acceptors (Lipinski definition) is 8. The van der Waals surface area contributed by atoms with Crippen molar-refractivity contribution >= 4 is 43.7 Å². The van der Waals surface area contributed by atoms with Crippen molar-refractivity contribution in [2.45, 2.75) is 43.7 Å². The number of aromatic nitrogens is 4. The van der Waals surface area contributed by atoms with Crippen LogP contribution in [0.4, 0.5) is 4.39 Å². The molecule has 5 aromatic rings. The van der Waals surface area contributed by atoms with Crippen LogP contribution >= 0.6 is 11.6 Å². The van der Waals surface area contributed by atoms with Crippen LogP contribution in [0.2, 0.25) is 5.02 Å². The van der Waals surface area contributed by atoms with Crippen molar-refractivity contribution in [3.63, 3.8) is 0 Å². The molecule has 1 saturated heterocycles. The molecular weight excluding hydrogens is 609 g/mol. The zero-order valence-corrected chi connectivity index (χ0v) is 26.2. The minimum atomic E-state index is -4.22. The molecule has 5 heterocycles. The van der Waals surface area contributed by atoms with Gasteiger partial charge in [0, 0.05) is 42.8 Å². The van der Waals surface area contributed by atoms with E-state index >= 15 is 0 Å². The minimum absolute atomic E-state index is 0.000590. The molecule has 0 radical (unpaired) electrons. The quantitative estimate of drug-likeness (QED) is 0.232. The summed E-state index contributed by atoms with van der Waals surface area (Å²) in [5, 5.41) is 9.80. The molecule has 1 N–H and O–H groups in total. The number of likely N-dealkylation sites (tertiary alicyclic amines) is 1. The van der Waals surface area contributed by atoms with Crippen LogP contribution in [0.3, 0.4) is 0 Å². The zero-order chi connectivity index (χ0) is 31.2. The third-order valence-electron chi connectivity index (χ3n) is 8.14. The number of benzene rings is 1. The molecule has 1 aliphatic rings. The molecule has 1 aromatic carbocycles. The van der Waals surface area contributed by atoms with Gasteiger partial charge in [0.05, 0.1) is 47.6 Å². The maximum atomic E-state index is 14.6. The Bertz CT molecular complexity index is 1950. The molecule has 4 aromatic heterocycles. The number of aliphatic hydroxyl groups is 1. The highest BCUT2D eigenvalue weighted by atomic mass is 35.5. The standard InChI is InChI=1S/C31H33ClFN5O5S/c1-19-5-7-21(8-6-19)44(40,41)38-25(15-22-28(32)24(33)17-34-30(22)38)23-18-37(12-4-11-36-13-9-20(39)10-14-36)26-16-27(42-2)31(43-3)35-29(23)26/h5-8,15-18,20,39H,4,9-14H2,1-3H3. The largest absolute Gasteiger partial charge is 0.491 e. The number of pyridine rings is 2. The highest BCUT2D eigenvalue weighted by Gasteiger charge is 2.29. The number of fused-ring (bicyclic) bond motifs is 2. The Labute approximate surface area is 259 Å². The fraction of sp³-hybridized carbons (Fsp3) is 0.355. The summed E-state index contributed by atoms with van der Waals surface area (Å²) in [7, 11) is -1.21. The Balaban J connectivity index is 1.53. The highest BCUT2D eigenvalue weighted by molar-refractivity contribution is 7.90. The van der Waals surface area contributed by atoms with Crippen molar-refractivity contribution < 1.29 is 27.4 Å². The van der Waals surface area contributed by atoms with Crippen LogP contribution in [0.5, 0.6) is 11.6 Å². The van der Waals surface area contributed by atoms with Crippen molar-refractivity contribution in [2.24, 2.45) is 0 Å². The summed E-state index contributed by atoms with van der Waals surface area (Å²) in [6, 6.07) is 9.84. The van der Waals surface area contributed by atoms with Crippen LogP contribution in [-0.4, -0.2) is 76.9 Å². The summed E-state index contributed by atoms with van der Waals surface area (Å²) < 4.78 is 57.2. The van der Waals surface area contributed by atoms with Gasteiger partial charge in [-0.2, -0.15) is 0 Å². The van der Waals surface area contributed by atoms with Crippen molar-refractivity contribution in [2.75, 3.05) is 33.9 Å². The van der Waals surface area contributed by atoms with Gasteiger partial charge in [0.25, 0.3) is 15.9 Å². The Morgan fingerprint density at radius 3 is 2.50 bits per heavy atom. The third-order valence-corrected chi connectivity index (χ3v) is 10.2. The van der Waals surface area contributed by atoms with Gasteiger partial charge >= 0.3 is 0 Å². The van der Waals surface area contributed by atoms with Gasteiger partial charge in [0.1, 0.15) is 5.52 Å². The first kappa shape index (κ1) is 30.3. The molecule has 1 aliphatic heterocycles. The van der Waals surface area contributed by atoms with E-state index in [-0.39, 0.29) is 38.6 Å². The van der Waals surface area contributed by atoms with E-state index < -0.39 is 15.8 Å². The Morgan fingerprint density at radius 2 is 1.82 bits per heavy atom. The smallest absolute Gasteiger partial charge is 0.269 e. The van der Waals surface area contributed by atoms with Gasteiger partial charge in [-0.3, -0.25) is 0 Å². The number of piperidine rings is 1. The first-order chi connectivity index (χ1) is 21.1. The van der Waals surface area contributed by atoms with Crippen LogP contribution in [0.1, 0.15) is 24.8 Å². The van der Waals surface area contributed by atoms with E-state index in [0.29, 0.717) is 28.9 Å². The molecular formula is C31H33ClFN5O5S. The predicted molar refractivity (Wildman–Crippen MR) is 167 cm³/mol. The Hall–Kier alpha value is -3.71. The second-order valence-electron chi connectivity index (χ2n) is 11.0. The number of methoxy groups -OCH3 is 2. The zero-order valence-electron chi connectivity index (χ0n) is 24.6. The highest BCUT2D eigenvalue weighted by Crippen LogP contribution is 2.40. The van der Waals surface area contributed by atoms with E-state index in [4.69, 9.17) is 26.1 Å². The summed E-state index contributed by atoms with van der Waals surface area (Å²) >= 11 is 6.38. The summed E-state index contributed by atoms with van der Waals surface area (Å²) in [5.74, 6) is -0.0968. The second-order valence-corrected chi connectivity index (χ2v) is 13.2. The lowest BCUT2D eigenvalue weighted by Crippen LogP contribution is -2.36. The van der Waals surface area contributed by atoms with Crippen molar-refractivity contribution in [1.29, 1.82) is 0 Å². The molecule has 232 valence electrons. The van der Waals surface area contributed by atoms with Gasteiger partial charge in [-0.05, 0) is 50.9 Å². The van der Waals surface area contributed by atoms with Crippen molar-refractivity contribution in [3.8, 4) is 22.9 Å². The van der Waals surface area contributed by atoms with E-state index in [9.17, 15) is 17.9 Å². The normalized spacial score (nSPS) is 15.0. The fourth-order valence-electron chi connectivity index (χ4n) is 5.76. The number of hydrogen-bond donors (Lipinski definition) is 1. The molecule has 0 bridgehead atoms. The van der Waals surface area contributed by atoms with E-state index in [1.54, 1.807) is 12.1 Å². The lowest BCUT2D eigenvalue weighted by molar-refractivity contribution is 0.0816. The van der Waals surface area contributed by atoms with E-state index in [1.165, 1.54) is 32.4 Å². The Kier molecular flexibility index (Phi) is 8.27. The Morgan fingerprint density at radius 1 is 1.09 bits per heavy atom. The molecule has 0 saturated carbocycles. The average molecular weight is 642 g/mol. The summed E-state index contributed by atoms with van der Waals surface area (Å²) in [6.45, 7) is 4.99. The number of ether oxygens (including phenoxy) is 2. The van der Waals surface area contributed by atoms with Gasteiger partial charge in [0.15, 0.2) is 17.2 Å². The third kappa shape index (κ3) is 5.40. The molecule has 10 nitrogen and oxygen atoms in total. The monoisotopic (exact) mass is 641 g/mol. The van der Waals surface area contributed by atoms with Gasteiger partial charge < -0.3 is 24.0 Å². The van der Waals surface area contributed by atoms with Crippen LogP contribution in [-0.2, 0) is 16.6 Å². The summed E-state index contributed by atoms with van der Waals surface area (Å²) in [6.07, 6.45) is 4.84. The molecule has 6 rings (SSSR count). The molecule has 0 unspecified atom stereocenters. The molecule has 0 amide bonds. The summed E-state index contributed by atoms with van der Waals surface area (Å²) in [5.41, 5.74) is 2.80. The van der Waals surface area contributed by atoms with Gasteiger partial charge in [-0.1, -0.05) is 29.3 Å².